The van der Waals surface area contributed by atoms with Crippen molar-refractivity contribution in [3.8, 4) is 11.3 Å². The molecule has 0 spiro atoms. The van der Waals surface area contributed by atoms with E-state index in [0.29, 0.717) is 24.2 Å². The molecule has 3 aromatic rings. The number of piperidine rings is 1. The maximum Gasteiger partial charge on any atom is 0.237 e. The SMILES string of the molecule is CC(C)n1cnc2cc(-c3ccc4c(c3)N([C@H]3C[C@@H](N5CCC[C@@H](F)C5)C3)C(=O)C4(C)C)nc(Cl)c21. The molecule has 2 fully saturated rings. The molecule has 0 radical (unpaired) electrons. The van der Waals surface area contributed by atoms with Crippen molar-refractivity contribution in [1.82, 2.24) is 19.4 Å². The quantitative estimate of drug-likeness (QED) is 0.409. The fourth-order valence-electron chi connectivity index (χ4n) is 6.21. The van der Waals surface area contributed by atoms with E-state index in [-0.39, 0.29) is 18.0 Å². The lowest BCUT2D eigenvalue weighted by Crippen LogP contribution is -2.58. The minimum Gasteiger partial charge on any atom is -0.326 e. The van der Waals surface area contributed by atoms with Gasteiger partial charge in [-0.2, -0.15) is 0 Å². The smallest absolute Gasteiger partial charge is 0.237 e. The first-order chi connectivity index (χ1) is 17.1. The Labute approximate surface area is 216 Å². The second-order valence-electron chi connectivity index (χ2n) is 11.5. The van der Waals surface area contributed by atoms with Gasteiger partial charge in [0.25, 0.3) is 0 Å². The molecule has 1 saturated heterocycles. The van der Waals surface area contributed by atoms with Gasteiger partial charge in [-0.15, -0.1) is 0 Å². The number of hydrogen-bond acceptors (Lipinski definition) is 4. The number of fused-ring (bicyclic) bond motifs is 2. The van der Waals surface area contributed by atoms with E-state index in [1.807, 2.05) is 35.4 Å². The van der Waals surface area contributed by atoms with E-state index in [0.717, 1.165) is 59.3 Å². The molecule has 0 unspecified atom stereocenters. The zero-order valence-electron chi connectivity index (χ0n) is 21.3. The van der Waals surface area contributed by atoms with Crippen LogP contribution in [0.15, 0.2) is 30.6 Å². The molecule has 2 aliphatic heterocycles. The number of nitrogens with zero attached hydrogens (tertiary/aromatic N) is 5. The Kier molecular flexibility index (Phi) is 5.65. The molecule has 0 N–H and O–H groups in total. The van der Waals surface area contributed by atoms with Crippen molar-refractivity contribution in [2.24, 2.45) is 0 Å². The van der Waals surface area contributed by atoms with Crippen molar-refractivity contribution in [3.63, 3.8) is 0 Å². The lowest BCUT2D eigenvalue weighted by atomic mass is 9.82. The van der Waals surface area contributed by atoms with Gasteiger partial charge in [-0.05, 0) is 77.6 Å². The van der Waals surface area contributed by atoms with Crippen LogP contribution in [0.25, 0.3) is 22.3 Å². The fraction of sp³-hybridized carbons (Fsp3) is 0.536. The van der Waals surface area contributed by atoms with Gasteiger partial charge in [0.2, 0.25) is 5.91 Å². The summed E-state index contributed by atoms with van der Waals surface area (Å²) in [4.78, 5) is 27.2. The van der Waals surface area contributed by atoms with Crippen LogP contribution in [0.2, 0.25) is 5.15 Å². The van der Waals surface area contributed by atoms with E-state index in [4.69, 9.17) is 16.6 Å². The maximum absolute atomic E-state index is 14.0. The number of likely N-dealkylation sites (tertiary alicyclic amines) is 1. The van der Waals surface area contributed by atoms with Crippen molar-refractivity contribution in [1.29, 1.82) is 0 Å². The summed E-state index contributed by atoms with van der Waals surface area (Å²) in [5.74, 6) is 0.136. The summed E-state index contributed by atoms with van der Waals surface area (Å²) in [5.41, 5.74) is 4.72. The third kappa shape index (κ3) is 3.66. The molecule has 1 aromatic carbocycles. The van der Waals surface area contributed by atoms with Gasteiger partial charge in [0.15, 0.2) is 5.15 Å². The van der Waals surface area contributed by atoms with E-state index < -0.39 is 11.6 Å². The van der Waals surface area contributed by atoms with Crippen molar-refractivity contribution in [3.05, 3.63) is 41.3 Å². The standard InChI is InChI=1S/C28H33ClFN5O/c1-16(2)34-15-31-23-13-22(32-26(29)25(23)34)17-7-8-21-24(10-17)35(27(36)28(21,3)4)20-11-19(12-20)33-9-5-6-18(30)14-33/h7-8,10,13,15-16,18-20H,5-6,9,11-12,14H2,1-4H3/t18-,19-,20+/m1/s1. The third-order valence-corrected chi connectivity index (χ3v) is 8.67. The number of carbonyl (C=O) groups excluding carboxylic acids is 1. The number of rotatable bonds is 4. The number of imidazole rings is 1. The minimum absolute atomic E-state index is 0.136. The lowest BCUT2D eigenvalue weighted by Gasteiger charge is -2.48. The zero-order chi connectivity index (χ0) is 25.4. The molecule has 190 valence electrons. The molecular formula is C28H33ClFN5O. The molecular weight excluding hydrogens is 477 g/mol. The molecule has 1 amide bonds. The van der Waals surface area contributed by atoms with Crippen LogP contribution in [0.5, 0.6) is 0 Å². The van der Waals surface area contributed by atoms with Crippen LogP contribution in [0.3, 0.4) is 0 Å². The van der Waals surface area contributed by atoms with Gasteiger partial charge in [-0.3, -0.25) is 9.69 Å². The summed E-state index contributed by atoms with van der Waals surface area (Å²) in [6.45, 7) is 9.67. The number of benzene rings is 1. The van der Waals surface area contributed by atoms with E-state index in [9.17, 15) is 9.18 Å². The van der Waals surface area contributed by atoms with Crippen LogP contribution in [-0.4, -0.2) is 56.7 Å². The Bertz CT molecular complexity index is 1350. The fourth-order valence-corrected chi connectivity index (χ4v) is 6.50. The third-order valence-electron chi connectivity index (χ3n) is 8.41. The molecule has 6 rings (SSSR count). The predicted molar refractivity (Wildman–Crippen MR) is 141 cm³/mol. The second-order valence-corrected chi connectivity index (χ2v) is 11.8. The Hall–Kier alpha value is -2.51. The highest BCUT2D eigenvalue weighted by Gasteiger charge is 2.50. The van der Waals surface area contributed by atoms with Crippen LogP contribution in [0, 0.1) is 0 Å². The van der Waals surface area contributed by atoms with Gasteiger partial charge < -0.3 is 9.47 Å². The highest BCUT2D eigenvalue weighted by Crippen LogP contribution is 2.47. The van der Waals surface area contributed by atoms with Crippen molar-refractivity contribution >= 4 is 34.2 Å². The minimum atomic E-state index is -0.725. The molecule has 1 atom stereocenters. The molecule has 2 aromatic heterocycles. The summed E-state index contributed by atoms with van der Waals surface area (Å²) < 4.78 is 16.0. The van der Waals surface area contributed by atoms with Crippen LogP contribution >= 0.6 is 11.6 Å². The largest absolute Gasteiger partial charge is 0.326 e. The van der Waals surface area contributed by atoms with Gasteiger partial charge >= 0.3 is 0 Å². The number of carbonyl (C=O) groups is 1. The van der Waals surface area contributed by atoms with Gasteiger partial charge in [-0.25, -0.2) is 14.4 Å². The van der Waals surface area contributed by atoms with E-state index >= 15 is 0 Å². The highest BCUT2D eigenvalue weighted by atomic mass is 35.5. The summed E-state index contributed by atoms with van der Waals surface area (Å²) in [6.07, 6.45) is 4.44. The Balaban J connectivity index is 1.32. The topological polar surface area (TPSA) is 54.3 Å². The molecule has 6 nitrogen and oxygen atoms in total. The number of pyridine rings is 1. The number of halogens is 2. The number of alkyl halides is 1. The molecule has 1 aliphatic carbocycles. The summed E-state index contributed by atoms with van der Waals surface area (Å²) in [7, 11) is 0. The number of amides is 1. The Morgan fingerprint density at radius 2 is 1.94 bits per heavy atom. The average molecular weight is 510 g/mol. The maximum atomic E-state index is 14.0. The van der Waals surface area contributed by atoms with Gasteiger partial charge in [0.1, 0.15) is 11.7 Å². The molecule has 36 heavy (non-hydrogen) atoms. The molecule has 0 bridgehead atoms. The first-order valence-corrected chi connectivity index (χ1v) is 13.4. The molecule has 8 heteroatoms. The van der Waals surface area contributed by atoms with E-state index in [1.165, 1.54) is 0 Å². The second kappa shape index (κ2) is 8.52. The lowest BCUT2D eigenvalue weighted by molar-refractivity contribution is -0.123. The van der Waals surface area contributed by atoms with Crippen LogP contribution in [0.4, 0.5) is 10.1 Å². The number of anilines is 1. The van der Waals surface area contributed by atoms with Crippen molar-refractivity contribution in [2.75, 3.05) is 18.0 Å². The Morgan fingerprint density at radius 1 is 1.17 bits per heavy atom. The van der Waals surface area contributed by atoms with Gasteiger partial charge in [0, 0.05) is 35.9 Å². The van der Waals surface area contributed by atoms with Gasteiger partial charge in [-0.1, -0.05) is 23.7 Å². The van der Waals surface area contributed by atoms with Crippen molar-refractivity contribution in [2.45, 2.75) is 83.1 Å². The molecule has 1 saturated carbocycles. The monoisotopic (exact) mass is 509 g/mol. The number of aromatic nitrogens is 3. The van der Waals surface area contributed by atoms with Gasteiger partial charge in [0.05, 0.1) is 23.0 Å². The molecule has 3 aliphatic rings. The highest BCUT2D eigenvalue weighted by molar-refractivity contribution is 6.34. The van der Waals surface area contributed by atoms with Crippen LogP contribution in [0.1, 0.15) is 65.0 Å². The normalized spacial score (nSPS) is 26.0. The van der Waals surface area contributed by atoms with Crippen LogP contribution < -0.4 is 4.90 Å². The van der Waals surface area contributed by atoms with E-state index in [1.54, 1.807) is 6.33 Å². The first kappa shape index (κ1) is 23.9. The average Bonchev–Trinajstić information content (AvgIpc) is 3.32. The zero-order valence-corrected chi connectivity index (χ0v) is 22.1. The van der Waals surface area contributed by atoms with E-state index in [2.05, 4.69) is 35.9 Å². The Morgan fingerprint density at radius 3 is 2.67 bits per heavy atom. The molecule has 4 heterocycles. The van der Waals surface area contributed by atoms with Crippen molar-refractivity contribution < 1.29 is 9.18 Å². The first-order valence-electron chi connectivity index (χ1n) is 13.0. The summed E-state index contributed by atoms with van der Waals surface area (Å²) >= 11 is 6.63. The predicted octanol–water partition coefficient (Wildman–Crippen LogP) is 5.92. The number of hydrogen-bond donors (Lipinski definition) is 0. The summed E-state index contributed by atoms with van der Waals surface area (Å²) in [5, 5.41) is 0.428. The van der Waals surface area contributed by atoms with Crippen LogP contribution in [-0.2, 0) is 10.2 Å². The summed E-state index contributed by atoms with van der Waals surface area (Å²) in [6, 6.07) is 8.86.